The second-order valence-electron chi connectivity index (χ2n) is 5.54. The van der Waals surface area contributed by atoms with Crippen molar-refractivity contribution < 1.29 is 36.3 Å². The van der Waals surface area contributed by atoms with Crippen LogP contribution in [0.1, 0.15) is 13.8 Å². The van der Waals surface area contributed by atoms with Crippen molar-refractivity contribution in [1.82, 2.24) is 0 Å². The number of hydrogen-bond donors (Lipinski definition) is 0. The van der Waals surface area contributed by atoms with Crippen molar-refractivity contribution >= 4 is 10.1 Å². The molecule has 2 bridgehead atoms. The molecular weight excluding hydrogens is 292 g/mol. The largest absolute Gasteiger partial charge is 0.373 e. The van der Waals surface area contributed by atoms with Gasteiger partial charge >= 0.3 is 0 Å². The number of methoxy groups -OCH3 is 1. The average Bonchev–Trinajstić information content (AvgIpc) is 2.77. The van der Waals surface area contributed by atoms with Gasteiger partial charge < -0.3 is 23.7 Å². The molecule has 20 heavy (non-hydrogen) atoms. The van der Waals surface area contributed by atoms with Crippen molar-refractivity contribution in [3.05, 3.63) is 0 Å². The van der Waals surface area contributed by atoms with Crippen LogP contribution in [0.25, 0.3) is 0 Å². The summed E-state index contributed by atoms with van der Waals surface area (Å²) in [6, 6.07) is 0. The number of fused-ring (bicyclic) bond motifs is 4. The molecule has 3 rings (SSSR count). The molecule has 0 radical (unpaired) electrons. The third-order valence-electron chi connectivity index (χ3n) is 3.45. The van der Waals surface area contributed by atoms with Crippen LogP contribution < -0.4 is 0 Å². The summed E-state index contributed by atoms with van der Waals surface area (Å²) >= 11 is 0. The predicted octanol–water partition coefficient (Wildman–Crippen LogP) is -0.421. The van der Waals surface area contributed by atoms with Crippen molar-refractivity contribution in [1.29, 1.82) is 0 Å². The second kappa shape index (κ2) is 4.60. The Bertz CT molecular complexity index is 489. The van der Waals surface area contributed by atoms with Crippen LogP contribution in [0.15, 0.2) is 0 Å². The topological polar surface area (TPSA) is 89.5 Å². The summed E-state index contributed by atoms with van der Waals surface area (Å²) in [4.78, 5) is 0. The highest BCUT2D eigenvalue weighted by molar-refractivity contribution is 7.86. The Balaban J connectivity index is 1.87. The Kier molecular flexibility index (Phi) is 3.37. The Labute approximate surface area is 117 Å². The third-order valence-corrected chi connectivity index (χ3v) is 3.99. The molecule has 0 unspecified atom stereocenters. The standard InChI is InChI=1S/C11H18O8S/c1-11(2)17-5-6(18-11)8-10(19-20(4,12)13)16-9(15-8)7(5)14-3/h5-10H,1-4H3/t5-,6+,7+,8-,9-,10-/m0/s1. The molecule has 0 aromatic rings. The summed E-state index contributed by atoms with van der Waals surface area (Å²) in [5.41, 5.74) is 0. The molecule has 0 aromatic heterocycles. The Morgan fingerprint density at radius 2 is 1.70 bits per heavy atom. The fraction of sp³-hybridized carbons (Fsp3) is 1.00. The molecule has 3 fully saturated rings. The minimum atomic E-state index is -3.67. The van der Waals surface area contributed by atoms with Gasteiger partial charge in [-0.15, -0.1) is 0 Å². The summed E-state index contributed by atoms with van der Waals surface area (Å²) in [6.07, 6.45) is -2.93. The van der Waals surface area contributed by atoms with Crippen molar-refractivity contribution in [3.8, 4) is 0 Å². The predicted molar refractivity (Wildman–Crippen MR) is 64.1 cm³/mol. The summed E-state index contributed by atoms with van der Waals surface area (Å²) in [7, 11) is -2.16. The van der Waals surface area contributed by atoms with Gasteiger partial charge in [0.1, 0.15) is 24.4 Å². The molecule has 3 heterocycles. The summed E-state index contributed by atoms with van der Waals surface area (Å²) in [5.74, 6) is -0.796. The van der Waals surface area contributed by atoms with Gasteiger partial charge in [-0.25, -0.2) is 4.18 Å². The molecule has 0 N–H and O–H groups in total. The van der Waals surface area contributed by atoms with E-state index in [2.05, 4.69) is 0 Å². The van der Waals surface area contributed by atoms with Gasteiger partial charge in [0.15, 0.2) is 12.1 Å². The Morgan fingerprint density at radius 3 is 2.30 bits per heavy atom. The molecule has 116 valence electrons. The first kappa shape index (κ1) is 14.6. The highest BCUT2D eigenvalue weighted by Gasteiger charge is 2.62. The molecular formula is C11H18O8S. The first-order valence-electron chi connectivity index (χ1n) is 6.28. The lowest BCUT2D eigenvalue weighted by Crippen LogP contribution is -2.53. The van der Waals surface area contributed by atoms with Gasteiger partial charge in [-0.2, -0.15) is 8.42 Å². The van der Waals surface area contributed by atoms with Crippen LogP contribution in [0.5, 0.6) is 0 Å². The fourth-order valence-corrected chi connectivity index (χ4v) is 3.32. The number of hydrogen-bond acceptors (Lipinski definition) is 8. The lowest BCUT2D eigenvalue weighted by atomic mass is 10.0. The fourth-order valence-electron chi connectivity index (χ4n) is 2.82. The minimum absolute atomic E-state index is 0.396. The zero-order chi connectivity index (χ0) is 14.7. The van der Waals surface area contributed by atoms with Crippen LogP contribution in [0.3, 0.4) is 0 Å². The highest BCUT2D eigenvalue weighted by Crippen LogP contribution is 2.44. The molecule has 6 atom stereocenters. The lowest BCUT2D eigenvalue weighted by molar-refractivity contribution is -0.217. The third kappa shape index (κ3) is 2.47. The number of ether oxygens (including phenoxy) is 5. The number of rotatable bonds is 3. The van der Waals surface area contributed by atoms with E-state index in [1.165, 1.54) is 7.11 Å². The Hall–Kier alpha value is -0.290. The second-order valence-corrected chi connectivity index (χ2v) is 7.14. The van der Waals surface area contributed by atoms with E-state index in [4.69, 9.17) is 27.9 Å². The van der Waals surface area contributed by atoms with Crippen LogP contribution in [-0.2, 0) is 38.0 Å². The summed E-state index contributed by atoms with van der Waals surface area (Å²) < 4.78 is 55.5. The molecule has 0 spiro atoms. The SMILES string of the molecule is CO[C@H]1[C@@H]2O[C@@H](OS(C)(=O)=O)[C@@H](O2)[C@@H]2OC(C)(C)O[C@@H]21. The molecule has 0 aromatic carbocycles. The van der Waals surface area contributed by atoms with E-state index in [9.17, 15) is 8.42 Å². The lowest BCUT2D eigenvalue weighted by Gasteiger charge is -2.33. The van der Waals surface area contributed by atoms with Gasteiger partial charge in [-0.05, 0) is 13.8 Å². The van der Waals surface area contributed by atoms with Gasteiger partial charge in [0.2, 0.25) is 6.29 Å². The molecule has 8 nitrogen and oxygen atoms in total. The maximum atomic E-state index is 11.3. The van der Waals surface area contributed by atoms with Crippen LogP contribution in [0, 0.1) is 0 Å². The Morgan fingerprint density at radius 1 is 1.05 bits per heavy atom. The normalized spacial score (nSPS) is 46.4. The average molecular weight is 310 g/mol. The molecule has 3 aliphatic rings. The monoisotopic (exact) mass is 310 g/mol. The van der Waals surface area contributed by atoms with Crippen molar-refractivity contribution in [2.75, 3.05) is 13.4 Å². The zero-order valence-corrected chi connectivity index (χ0v) is 12.5. The van der Waals surface area contributed by atoms with Gasteiger partial charge in [0.25, 0.3) is 10.1 Å². The summed E-state index contributed by atoms with van der Waals surface area (Å²) in [5, 5.41) is 0. The van der Waals surface area contributed by atoms with Crippen molar-refractivity contribution in [2.24, 2.45) is 0 Å². The van der Waals surface area contributed by atoms with Crippen LogP contribution >= 0.6 is 0 Å². The molecule has 3 saturated heterocycles. The van der Waals surface area contributed by atoms with E-state index in [1.54, 1.807) is 13.8 Å². The van der Waals surface area contributed by atoms with E-state index >= 15 is 0 Å². The van der Waals surface area contributed by atoms with Crippen molar-refractivity contribution in [2.45, 2.75) is 56.6 Å². The van der Waals surface area contributed by atoms with Gasteiger partial charge in [-0.1, -0.05) is 0 Å². The minimum Gasteiger partial charge on any atom is -0.373 e. The summed E-state index contributed by atoms with van der Waals surface area (Å²) in [6.45, 7) is 3.55. The molecule has 9 heteroatoms. The maximum absolute atomic E-state index is 11.3. The highest BCUT2D eigenvalue weighted by atomic mass is 32.2. The van der Waals surface area contributed by atoms with E-state index in [0.717, 1.165) is 6.26 Å². The maximum Gasteiger partial charge on any atom is 0.266 e. The van der Waals surface area contributed by atoms with E-state index in [-0.39, 0.29) is 0 Å². The van der Waals surface area contributed by atoms with Crippen molar-refractivity contribution in [3.63, 3.8) is 0 Å². The van der Waals surface area contributed by atoms with E-state index < -0.39 is 52.9 Å². The van der Waals surface area contributed by atoms with Gasteiger partial charge in [-0.3, -0.25) is 0 Å². The zero-order valence-electron chi connectivity index (χ0n) is 11.6. The first-order valence-corrected chi connectivity index (χ1v) is 8.09. The molecule has 0 aliphatic carbocycles. The van der Waals surface area contributed by atoms with Gasteiger partial charge in [0, 0.05) is 7.11 Å². The quantitative estimate of drug-likeness (QED) is 0.649. The first-order chi connectivity index (χ1) is 9.20. The molecule has 0 saturated carbocycles. The molecule has 0 amide bonds. The van der Waals surface area contributed by atoms with Crippen LogP contribution in [-0.4, -0.2) is 64.6 Å². The smallest absolute Gasteiger partial charge is 0.266 e. The molecule has 3 aliphatic heterocycles. The van der Waals surface area contributed by atoms with Gasteiger partial charge in [0.05, 0.1) is 6.26 Å². The van der Waals surface area contributed by atoms with E-state index in [0.29, 0.717) is 0 Å². The van der Waals surface area contributed by atoms with E-state index in [1.807, 2.05) is 0 Å². The van der Waals surface area contributed by atoms with Crippen LogP contribution in [0.4, 0.5) is 0 Å². The van der Waals surface area contributed by atoms with Crippen LogP contribution in [0.2, 0.25) is 0 Å².